The average molecular weight is 353 g/mol. The fourth-order valence-corrected chi connectivity index (χ4v) is 2.85. The van der Waals surface area contributed by atoms with Crippen LogP contribution in [0.1, 0.15) is 35.2 Å². The van der Waals surface area contributed by atoms with Gasteiger partial charge in [0, 0.05) is 24.9 Å². The van der Waals surface area contributed by atoms with Gasteiger partial charge in [0.2, 0.25) is 5.91 Å². The number of nitrogens with one attached hydrogen (secondary N) is 1. The van der Waals surface area contributed by atoms with Gasteiger partial charge in [-0.05, 0) is 36.6 Å². The maximum Gasteiger partial charge on any atom is 0.220 e. The quantitative estimate of drug-likeness (QED) is 0.741. The summed E-state index contributed by atoms with van der Waals surface area (Å²) in [4.78, 5) is 24.2. The van der Waals surface area contributed by atoms with E-state index in [1.54, 1.807) is 18.2 Å². The van der Waals surface area contributed by atoms with E-state index in [4.69, 9.17) is 9.47 Å². The lowest BCUT2D eigenvalue weighted by Crippen LogP contribution is -2.25. The zero-order valence-corrected chi connectivity index (χ0v) is 14.7. The summed E-state index contributed by atoms with van der Waals surface area (Å²) in [6.45, 7) is 1.63. The second-order valence-electron chi connectivity index (χ2n) is 6.22. The first-order chi connectivity index (χ1) is 12.7. The number of hydrogen-bond donors (Lipinski definition) is 1. The third kappa shape index (κ3) is 5.09. The van der Waals surface area contributed by atoms with Gasteiger partial charge in [-0.15, -0.1) is 0 Å². The third-order valence-corrected chi connectivity index (χ3v) is 4.25. The molecule has 5 heteroatoms. The van der Waals surface area contributed by atoms with Gasteiger partial charge in [-0.2, -0.15) is 0 Å². The number of carbonyl (C=O) groups excluding carboxylic acids is 2. The molecule has 3 rings (SSSR count). The topological polar surface area (TPSA) is 64.6 Å². The predicted octanol–water partition coefficient (Wildman–Crippen LogP) is 3.17. The largest absolute Gasteiger partial charge is 0.486 e. The van der Waals surface area contributed by atoms with Crippen LogP contribution in [0.25, 0.3) is 0 Å². The van der Waals surface area contributed by atoms with Gasteiger partial charge in [-0.25, -0.2) is 0 Å². The van der Waals surface area contributed by atoms with Crippen molar-refractivity contribution in [2.24, 2.45) is 0 Å². The standard InChI is InChI=1S/C21H23NO4/c23-18(17-9-10-19-20(15-17)26-14-13-25-19)7-4-8-21(24)22-12-11-16-5-2-1-3-6-16/h1-3,5-6,9-10,15H,4,7-8,11-14H2,(H,22,24). The lowest BCUT2D eigenvalue weighted by atomic mass is 10.0. The van der Waals surface area contributed by atoms with E-state index in [9.17, 15) is 9.59 Å². The van der Waals surface area contributed by atoms with Crippen LogP contribution in [0.2, 0.25) is 0 Å². The summed E-state index contributed by atoms with van der Waals surface area (Å²) in [5.41, 5.74) is 1.79. The van der Waals surface area contributed by atoms with Crippen molar-refractivity contribution in [3.05, 3.63) is 59.7 Å². The number of rotatable bonds is 8. The van der Waals surface area contributed by atoms with Crippen LogP contribution in [-0.2, 0) is 11.2 Å². The Morgan fingerprint density at radius 1 is 0.923 bits per heavy atom. The van der Waals surface area contributed by atoms with Crippen molar-refractivity contribution in [3.8, 4) is 11.5 Å². The molecule has 0 saturated heterocycles. The molecule has 5 nitrogen and oxygen atoms in total. The highest BCUT2D eigenvalue weighted by molar-refractivity contribution is 5.96. The Morgan fingerprint density at radius 3 is 2.50 bits per heavy atom. The molecule has 1 N–H and O–H groups in total. The number of carbonyl (C=O) groups is 2. The minimum Gasteiger partial charge on any atom is -0.486 e. The fourth-order valence-electron chi connectivity index (χ4n) is 2.85. The van der Waals surface area contributed by atoms with E-state index in [0.717, 1.165) is 6.42 Å². The zero-order chi connectivity index (χ0) is 18.2. The van der Waals surface area contributed by atoms with E-state index in [1.165, 1.54) is 5.56 Å². The minimum absolute atomic E-state index is 0.0130. The Labute approximate surface area is 153 Å². The molecule has 1 amide bonds. The van der Waals surface area contributed by atoms with Crippen LogP contribution in [0, 0.1) is 0 Å². The van der Waals surface area contributed by atoms with Crippen molar-refractivity contribution in [3.63, 3.8) is 0 Å². The molecule has 136 valence electrons. The van der Waals surface area contributed by atoms with Crippen LogP contribution in [0.4, 0.5) is 0 Å². The number of amides is 1. The molecule has 0 saturated carbocycles. The van der Waals surface area contributed by atoms with Gasteiger partial charge >= 0.3 is 0 Å². The molecule has 2 aromatic carbocycles. The highest BCUT2D eigenvalue weighted by Crippen LogP contribution is 2.31. The van der Waals surface area contributed by atoms with Gasteiger partial charge < -0.3 is 14.8 Å². The smallest absolute Gasteiger partial charge is 0.220 e. The molecule has 0 atom stereocenters. The molecule has 0 radical (unpaired) electrons. The first-order valence-corrected chi connectivity index (χ1v) is 8.96. The summed E-state index contributed by atoms with van der Waals surface area (Å²) in [6, 6.07) is 15.3. The fraction of sp³-hybridized carbons (Fsp3) is 0.333. The van der Waals surface area contributed by atoms with Crippen LogP contribution in [0.5, 0.6) is 11.5 Å². The Bertz CT molecular complexity index is 758. The number of fused-ring (bicyclic) bond motifs is 1. The highest BCUT2D eigenvalue weighted by Gasteiger charge is 2.15. The Hall–Kier alpha value is -2.82. The number of ether oxygens (including phenoxy) is 2. The van der Waals surface area contributed by atoms with Crippen molar-refractivity contribution in [1.82, 2.24) is 5.32 Å². The molecule has 26 heavy (non-hydrogen) atoms. The normalized spacial score (nSPS) is 12.5. The Kier molecular flexibility index (Phi) is 6.25. The maximum atomic E-state index is 12.3. The van der Waals surface area contributed by atoms with Gasteiger partial charge in [0.1, 0.15) is 13.2 Å². The highest BCUT2D eigenvalue weighted by atomic mass is 16.6. The maximum absolute atomic E-state index is 12.3. The monoisotopic (exact) mass is 353 g/mol. The Balaban J connectivity index is 1.37. The lowest BCUT2D eigenvalue weighted by molar-refractivity contribution is -0.121. The summed E-state index contributed by atoms with van der Waals surface area (Å²) in [6.07, 6.45) is 2.03. The van der Waals surface area contributed by atoms with Crippen LogP contribution in [-0.4, -0.2) is 31.4 Å². The molecular weight excluding hydrogens is 330 g/mol. The van der Waals surface area contributed by atoms with Gasteiger partial charge in [-0.1, -0.05) is 30.3 Å². The van der Waals surface area contributed by atoms with E-state index >= 15 is 0 Å². The second-order valence-corrected chi connectivity index (χ2v) is 6.22. The number of ketones is 1. The van der Waals surface area contributed by atoms with Gasteiger partial charge in [0.15, 0.2) is 17.3 Å². The molecule has 0 bridgehead atoms. The van der Waals surface area contributed by atoms with Crippen molar-refractivity contribution >= 4 is 11.7 Å². The van der Waals surface area contributed by atoms with Gasteiger partial charge in [-0.3, -0.25) is 9.59 Å². The molecule has 0 aliphatic carbocycles. The number of hydrogen-bond acceptors (Lipinski definition) is 4. The summed E-state index contributed by atoms with van der Waals surface area (Å²) < 4.78 is 10.9. The van der Waals surface area contributed by atoms with Crippen molar-refractivity contribution in [2.45, 2.75) is 25.7 Å². The molecule has 0 aromatic heterocycles. The molecule has 0 unspecified atom stereocenters. The minimum atomic E-state index is -0.0177. The summed E-state index contributed by atoms with van der Waals surface area (Å²) in [7, 11) is 0. The van der Waals surface area contributed by atoms with Gasteiger partial charge in [0.05, 0.1) is 0 Å². The van der Waals surface area contributed by atoms with E-state index in [-0.39, 0.29) is 11.7 Å². The van der Waals surface area contributed by atoms with Crippen molar-refractivity contribution < 1.29 is 19.1 Å². The molecule has 1 heterocycles. The van der Waals surface area contributed by atoms with Crippen molar-refractivity contribution in [1.29, 1.82) is 0 Å². The first-order valence-electron chi connectivity index (χ1n) is 8.96. The number of Topliss-reactive ketones (excluding diaryl/α,β-unsaturated/α-hetero) is 1. The molecule has 1 aliphatic rings. The lowest BCUT2D eigenvalue weighted by Gasteiger charge is -2.18. The van der Waals surface area contributed by atoms with E-state index in [2.05, 4.69) is 5.32 Å². The average Bonchev–Trinajstić information content (AvgIpc) is 2.68. The zero-order valence-electron chi connectivity index (χ0n) is 14.7. The van der Waals surface area contributed by atoms with Gasteiger partial charge in [0.25, 0.3) is 0 Å². The third-order valence-electron chi connectivity index (χ3n) is 4.25. The van der Waals surface area contributed by atoms with Crippen LogP contribution in [0.15, 0.2) is 48.5 Å². The second kappa shape index (κ2) is 9.04. The van der Waals surface area contributed by atoms with Crippen molar-refractivity contribution in [2.75, 3.05) is 19.8 Å². The molecular formula is C21H23NO4. The molecule has 1 aliphatic heterocycles. The SMILES string of the molecule is O=C(CCCC(=O)c1ccc2c(c1)OCCO2)NCCc1ccccc1. The van der Waals surface area contributed by atoms with E-state index < -0.39 is 0 Å². The first kappa shape index (κ1) is 18.0. The summed E-state index contributed by atoms with van der Waals surface area (Å²) >= 11 is 0. The van der Waals surface area contributed by atoms with Crippen LogP contribution in [0.3, 0.4) is 0 Å². The molecule has 2 aromatic rings. The van der Waals surface area contributed by atoms with Crippen LogP contribution < -0.4 is 14.8 Å². The molecule has 0 fully saturated rings. The van der Waals surface area contributed by atoms with E-state index in [1.807, 2.05) is 30.3 Å². The molecule has 0 spiro atoms. The Morgan fingerprint density at radius 2 is 1.69 bits per heavy atom. The van der Waals surface area contributed by atoms with Crippen LogP contribution >= 0.6 is 0 Å². The number of benzene rings is 2. The predicted molar refractivity (Wildman–Crippen MR) is 98.8 cm³/mol. The summed E-state index contributed by atoms with van der Waals surface area (Å²) in [5, 5.41) is 2.90. The van der Waals surface area contributed by atoms with E-state index in [0.29, 0.717) is 56.1 Å². The summed E-state index contributed by atoms with van der Waals surface area (Å²) in [5.74, 6) is 1.28.